The number of piperidine rings is 1. The summed E-state index contributed by atoms with van der Waals surface area (Å²) in [6.45, 7) is 12.0. The number of hydrogen-bond donors (Lipinski definition) is 4. The highest BCUT2D eigenvalue weighted by atomic mass is 16.7. The van der Waals surface area contributed by atoms with Crippen molar-refractivity contribution in [1.29, 1.82) is 0 Å². The third kappa shape index (κ3) is 7.22. The maximum Gasteiger partial charge on any atom is 0.481 e. The molecule has 0 aromatic carbocycles. The van der Waals surface area contributed by atoms with E-state index in [0.717, 1.165) is 38.6 Å². The van der Waals surface area contributed by atoms with Crippen molar-refractivity contribution in [2.45, 2.75) is 116 Å². The van der Waals surface area contributed by atoms with Crippen molar-refractivity contribution < 1.29 is 23.9 Å². The van der Waals surface area contributed by atoms with Gasteiger partial charge in [0.25, 0.3) is 5.96 Å². The van der Waals surface area contributed by atoms with Crippen LogP contribution in [0.25, 0.3) is 0 Å². The molecule has 5 fully saturated rings. The van der Waals surface area contributed by atoms with Gasteiger partial charge in [-0.15, -0.1) is 0 Å². The van der Waals surface area contributed by atoms with Crippen LogP contribution in [0.2, 0.25) is 0 Å². The number of amides is 1. The van der Waals surface area contributed by atoms with E-state index in [0.29, 0.717) is 37.0 Å². The van der Waals surface area contributed by atoms with Crippen LogP contribution in [-0.2, 0) is 18.9 Å². The number of aliphatic imine (C=N–C) groups is 1. The van der Waals surface area contributed by atoms with E-state index in [1.165, 1.54) is 0 Å². The summed E-state index contributed by atoms with van der Waals surface area (Å²) in [4.78, 5) is 41.5. The second-order valence-corrected chi connectivity index (χ2v) is 13.7. The van der Waals surface area contributed by atoms with Crippen molar-refractivity contribution in [2.24, 2.45) is 39.8 Å². The average molecular weight is 577 g/mol. The Hall–Kier alpha value is -2.25. The Kier molecular flexibility index (Phi) is 10.0. The van der Waals surface area contributed by atoms with Gasteiger partial charge in [-0.3, -0.25) is 9.59 Å². The summed E-state index contributed by atoms with van der Waals surface area (Å²) in [6.07, 6.45) is 6.61. The highest BCUT2D eigenvalue weighted by Gasteiger charge is 2.68. The van der Waals surface area contributed by atoms with Gasteiger partial charge in [-0.1, -0.05) is 39.5 Å². The lowest BCUT2D eigenvalue weighted by Gasteiger charge is -2.64. The summed E-state index contributed by atoms with van der Waals surface area (Å²) in [5.74, 6) is 0.0000640. The predicted molar refractivity (Wildman–Crippen MR) is 156 cm³/mol. The number of nitrogens with one attached hydrogen (secondary N) is 3. The van der Waals surface area contributed by atoms with Gasteiger partial charge in [0.05, 0.1) is 23.7 Å². The van der Waals surface area contributed by atoms with Crippen molar-refractivity contribution in [2.75, 3.05) is 13.1 Å². The number of carbonyl (C=O) groups is 2. The molecule has 7 atom stereocenters. The van der Waals surface area contributed by atoms with Crippen LogP contribution in [0.1, 0.15) is 92.4 Å². The molecular formula is C28H49BN6O6. The van der Waals surface area contributed by atoms with Gasteiger partial charge in [0.2, 0.25) is 5.91 Å². The summed E-state index contributed by atoms with van der Waals surface area (Å²) in [5.41, 5.74) is 7.20. The van der Waals surface area contributed by atoms with Crippen LogP contribution < -0.4 is 21.8 Å². The summed E-state index contributed by atoms with van der Waals surface area (Å²) >= 11 is 0. The molecule has 2 bridgehead atoms. The van der Waals surface area contributed by atoms with Crippen molar-refractivity contribution in [3.8, 4) is 0 Å². The first-order valence-corrected chi connectivity index (χ1v) is 15.4. The van der Waals surface area contributed by atoms with Crippen LogP contribution in [0.4, 0.5) is 0 Å². The lowest BCUT2D eigenvalue weighted by molar-refractivity contribution is -0.525. The summed E-state index contributed by atoms with van der Waals surface area (Å²) in [6, 6.07) is -0.233. The molecule has 12 nitrogen and oxygen atoms in total. The van der Waals surface area contributed by atoms with Gasteiger partial charge in [0.15, 0.2) is 10.8 Å². The molecule has 3 saturated carbocycles. The minimum absolute atomic E-state index is 0.0154. The average Bonchev–Trinajstić information content (AvgIpc) is 3.26. The highest BCUT2D eigenvalue weighted by Crippen LogP contribution is 2.65. The minimum Gasteiger partial charge on any atom is -0.404 e. The minimum atomic E-state index is -0.770. The largest absolute Gasteiger partial charge is 0.481 e. The monoisotopic (exact) mass is 576 g/mol. The second-order valence-electron chi connectivity index (χ2n) is 13.7. The Bertz CT molecular complexity index is 1000. The molecule has 5 rings (SSSR count). The molecule has 5 aliphatic rings. The molecule has 2 heterocycles. The number of carbonyl (C=O) groups excluding carboxylic acids is 2. The maximum absolute atomic E-state index is 13.8. The van der Waals surface area contributed by atoms with Gasteiger partial charge < -0.3 is 25.7 Å². The smallest absolute Gasteiger partial charge is 0.404 e. The summed E-state index contributed by atoms with van der Waals surface area (Å²) in [5, 5.41) is 16.3. The van der Waals surface area contributed by atoms with Gasteiger partial charge in [0, 0.05) is 18.9 Å². The van der Waals surface area contributed by atoms with Crippen LogP contribution in [0, 0.1) is 39.2 Å². The first kappa shape index (κ1) is 31.7. The van der Waals surface area contributed by atoms with E-state index in [9.17, 15) is 19.7 Å². The van der Waals surface area contributed by atoms with Crippen LogP contribution in [0.15, 0.2) is 4.99 Å². The zero-order valence-electron chi connectivity index (χ0n) is 25.3. The van der Waals surface area contributed by atoms with E-state index in [2.05, 4.69) is 50.2 Å². The number of hydrogen-bond acceptors (Lipinski definition) is 8. The van der Waals surface area contributed by atoms with Crippen LogP contribution in [0.5, 0.6) is 0 Å². The first-order valence-electron chi connectivity index (χ1n) is 15.4. The highest BCUT2D eigenvalue weighted by molar-refractivity contribution is 6.47. The lowest BCUT2D eigenvalue weighted by Crippen LogP contribution is -2.65. The molecule has 5 N–H and O–H groups in total. The quantitative estimate of drug-likeness (QED) is 0.0642. The zero-order chi connectivity index (χ0) is 29.9. The standard InChI is InChI=1S/C28H49BN6O6/c1-17(2)13-24(29-40-23-16-19-15-22(27(19,3)4)28(23,5)41-29)33-25(37)18(9-8-12-32-26(30)34-35(38)39)14-21(36)20-10-6-7-11-31-20/h17-20,22-24,31H,6-16H2,1-5H3,(H,33,37)(H3,30,32,34)/t18-,19+,20+,22+,23-,24+,28+/m1/s1. The third-order valence-corrected chi connectivity index (χ3v) is 10.1. The van der Waals surface area contributed by atoms with Crippen LogP contribution >= 0.6 is 0 Å². The van der Waals surface area contributed by atoms with Gasteiger partial charge in [-0.05, 0) is 81.6 Å². The predicted octanol–water partition coefficient (Wildman–Crippen LogP) is 2.38. The van der Waals surface area contributed by atoms with Crippen molar-refractivity contribution in [1.82, 2.24) is 16.1 Å². The SMILES string of the molecule is CC(C)C[C@H](NC(=O)[C@H](CCCN=C(N)N[N+](=O)[O-])CC(=O)[C@@H]1CCCCN1)B1O[C@@H]2C[C@@H]3C[C@@H](C3(C)C)[C@]2(C)O1. The fourth-order valence-corrected chi connectivity index (χ4v) is 7.62. The molecule has 0 radical (unpaired) electrons. The maximum atomic E-state index is 13.8. The van der Waals surface area contributed by atoms with E-state index in [4.69, 9.17) is 15.0 Å². The van der Waals surface area contributed by atoms with Crippen LogP contribution in [-0.4, -0.2) is 66.6 Å². The molecule has 230 valence electrons. The summed E-state index contributed by atoms with van der Waals surface area (Å²) in [7, 11) is -0.541. The van der Waals surface area contributed by atoms with Crippen molar-refractivity contribution >= 4 is 24.8 Å². The molecule has 0 unspecified atom stereocenters. The Labute approximate surface area is 244 Å². The third-order valence-electron chi connectivity index (χ3n) is 10.1. The Morgan fingerprint density at radius 3 is 2.63 bits per heavy atom. The first-order chi connectivity index (χ1) is 19.3. The Morgan fingerprint density at radius 2 is 2.00 bits per heavy atom. The molecule has 1 amide bonds. The number of guanidine groups is 1. The molecule has 0 aromatic rings. The molecule has 0 aromatic heterocycles. The number of hydrazine groups is 1. The number of ketones is 1. The topological polar surface area (TPSA) is 170 Å². The van der Waals surface area contributed by atoms with E-state index in [1.807, 2.05) is 5.43 Å². The molecule has 41 heavy (non-hydrogen) atoms. The molecular weight excluding hydrogens is 527 g/mol. The van der Waals surface area contributed by atoms with Crippen LogP contribution in [0.3, 0.4) is 0 Å². The second kappa shape index (κ2) is 13.0. The molecule has 13 heteroatoms. The number of Topliss-reactive ketones (excluding diaryl/α,β-unsaturated/α-hetero) is 1. The lowest BCUT2D eigenvalue weighted by atomic mass is 9.43. The van der Waals surface area contributed by atoms with Crippen molar-refractivity contribution in [3.05, 3.63) is 10.1 Å². The number of nitrogens with zero attached hydrogens (tertiary/aromatic N) is 2. The Morgan fingerprint density at radius 1 is 1.24 bits per heavy atom. The number of nitrogens with two attached hydrogens (primary N) is 1. The molecule has 0 spiro atoms. The summed E-state index contributed by atoms with van der Waals surface area (Å²) < 4.78 is 13.2. The number of nitro groups is 1. The van der Waals surface area contributed by atoms with E-state index < -0.39 is 18.1 Å². The molecule has 2 aliphatic heterocycles. The fourth-order valence-electron chi connectivity index (χ4n) is 7.62. The van der Waals surface area contributed by atoms with E-state index in [-0.39, 0.29) is 59.7 Å². The molecule has 3 aliphatic carbocycles. The van der Waals surface area contributed by atoms with Gasteiger partial charge in [-0.2, -0.15) is 0 Å². The molecule has 2 saturated heterocycles. The van der Waals surface area contributed by atoms with Gasteiger partial charge >= 0.3 is 7.12 Å². The Balaban J connectivity index is 1.43. The van der Waals surface area contributed by atoms with Crippen molar-refractivity contribution in [3.63, 3.8) is 0 Å². The number of rotatable bonds is 13. The van der Waals surface area contributed by atoms with Gasteiger partial charge in [-0.25, -0.2) is 15.1 Å². The van der Waals surface area contributed by atoms with E-state index in [1.54, 1.807) is 0 Å². The van der Waals surface area contributed by atoms with Gasteiger partial charge in [0.1, 0.15) is 0 Å². The fraction of sp³-hybridized carbons (Fsp3) is 0.893. The zero-order valence-corrected chi connectivity index (χ0v) is 25.3. The normalized spacial score (nSPS) is 32.0. The van der Waals surface area contributed by atoms with E-state index >= 15 is 0 Å².